The molecule has 1 heteroatoms. The molecule has 0 amide bonds. The van der Waals surface area contributed by atoms with Gasteiger partial charge >= 0.3 is 0 Å². The van der Waals surface area contributed by atoms with E-state index in [1.54, 1.807) is 5.56 Å². The van der Waals surface area contributed by atoms with Crippen molar-refractivity contribution < 1.29 is 0 Å². The highest BCUT2D eigenvalue weighted by molar-refractivity contribution is 5.40. The van der Waals surface area contributed by atoms with Crippen LogP contribution in [-0.2, 0) is 10.8 Å². The van der Waals surface area contributed by atoms with E-state index in [1.165, 1.54) is 30.4 Å². The molecule has 18 heavy (non-hydrogen) atoms. The molecule has 1 saturated carbocycles. The van der Waals surface area contributed by atoms with E-state index in [1.807, 2.05) is 0 Å². The first-order chi connectivity index (χ1) is 8.39. The Morgan fingerprint density at radius 2 is 1.89 bits per heavy atom. The minimum atomic E-state index is 0.249. The van der Waals surface area contributed by atoms with Gasteiger partial charge in [-0.25, -0.2) is 0 Å². The molecule has 2 rings (SSSR count). The number of likely N-dealkylation sites (N-methyl/N-ethyl adjacent to an activating group) is 1. The van der Waals surface area contributed by atoms with Crippen molar-refractivity contribution in [3.63, 3.8) is 0 Å². The molecule has 1 aliphatic carbocycles. The fourth-order valence-electron chi connectivity index (χ4n) is 3.21. The van der Waals surface area contributed by atoms with Gasteiger partial charge in [0, 0.05) is 12.0 Å². The van der Waals surface area contributed by atoms with E-state index in [9.17, 15) is 0 Å². The molecule has 0 atom stereocenters. The maximum atomic E-state index is 3.38. The molecule has 100 valence electrons. The lowest BCUT2D eigenvalue weighted by Gasteiger charge is -2.43. The van der Waals surface area contributed by atoms with E-state index in [-0.39, 0.29) is 5.41 Å². The Bertz CT molecular complexity index is 422. The van der Waals surface area contributed by atoms with E-state index in [4.69, 9.17) is 0 Å². The minimum absolute atomic E-state index is 0.249. The second-order valence-electron chi connectivity index (χ2n) is 6.94. The van der Waals surface area contributed by atoms with Gasteiger partial charge in [-0.05, 0) is 48.9 Å². The average molecular weight is 245 g/mol. The minimum Gasteiger partial charge on any atom is -0.319 e. The molecule has 0 aromatic heterocycles. The Morgan fingerprint density at radius 3 is 2.28 bits per heavy atom. The van der Waals surface area contributed by atoms with Crippen molar-refractivity contribution in [2.24, 2.45) is 0 Å². The number of rotatable bonds is 3. The summed E-state index contributed by atoms with van der Waals surface area (Å²) in [6.07, 6.45) is 4.05. The molecule has 1 aliphatic rings. The molecule has 1 N–H and O–H groups in total. The number of nitrogens with one attached hydrogen (secondary N) is 1. The second kappa shape index (κ2) is 4.70. The van der Waals surface area contributed by atoms with Gasteiger partial charge in [0.05, 0.1) is 0 Å². The van der Waals surface area contributed by atoms with Gasteiger partial charge in [-0.1, -0.05) is 45.4 Å². The summed E-state index contributed by atoms with van der Waals surface area (Å²) in [6, 6.07) is 7.11. The molecule has 1 aromatic carbocycles. The maximum Gasteiger partial charge on any atom is 0.00803 e. The van der Waals surface area contributed by atoms with E-state index < -0.39 is 0 Å². The third kappa shape index (κ3) is 2.33. The van der Waals surface area contributed by atoms with Crippen LogP contribution in [0.4, 0.5) is 0 Å². The molecule has 0 aliphatic heterocycles. The van der Waals surface area contributed by atoms with Crippen LogP contribution in [-0.4, -0.2) is 13.6 Å². The predicted molar refractivity (Wildman–Crippen MR) is 79.3 cm³/mol. The van der Waals surface area contributed by atoms with Crippen LogP contribution < -0.4 is 5.32 Å². The second-order valence-corrected chi connectivity index (χ2v) is 6.94. The van der Waals surface area contributed by atoms with Crippen LogP contribution in [0.1, 0.15) is 56.7 Å². The fourth-order valence-corrected chi connectivity index (χ4v) is 3.21. The van der Waals surface area contributed by atoms with Gasteiger partial charge in [-0.2, -0.15) is 0 Å². The van der Waals surface area contributed by atoms with Gasteiger partial charge in [-0.15, -0.1) is 0 Å². The molecule has 1 aromatic rings. The number of hydrogen-bond donors (Lipinski definition) is 1. The van der Waals surface area contributed by atoms with E-state index in [0.717, 1.165) is 6.54 Å². The van der Waals surface area contributed by atoms with Crippen LogP contribution >= 0.6 is 0 Å². The van der Waals surface area contributed by atoms with Gasteiger partial charge < -0.3 is 5.32 Å². The summed E-state index contributed by atoms with van der Waals surface area (Å²) in [5, 5.41) is 3.38. The fraction of sp³-hybridized carbons (Fsp3) is 0.647. The van der Waals surface area contributed by atoms with Gasteiger partial charge in [0.25, 0.3) is 0 Å². The first-order valence-corrected chi connectivity index (χ1v) is 7.15. The van der Waals surface area contributed by atoms with E-state index >= 15 is 0 Å². The van der Waals surface area contributed by atoms with Crippen molar-refractivity contribution in [1.82, 2.24) is 5.32 Å². The Kier molecular flexibility index (Phi) is 3.55. The topological polar surface area (TPSA) is 12.0 Å². The molecule has 1 fully saturated rings. The highest BCUT2D eigenvalue weighted by atomic mass is 14.8. The normalized spacial score (nSPS) is 18.5. The van der Waals surface area contributed by atoms with Gasteiger partial charge in [0.2, 0.25) is 0 Å². The van der Waals surface area contributed by atoms with Crippen molar-refractivity contribution in [3.8, 4) is 0 Å². The third-order valence-corrected chi connectivity index (χ3v) is 4.49. The summed E-state index contributed by atoms with van der Waals surface area (Å²) >= 11 is 0. The Morgan fingerprint density at radius 1 is 1.22 bits per heavy atom. The SMILES string of the molecule is CNCC1(c2ccc(C(C)(C)C)cc2C)CCC1. The summed E-state index contributed by atoms with van der Waals surface area (Å²) in [5.41, 5.74) is 5.14. The molecular weight excluding hydrogens is 218 g/mol. The first kappa shape index (κ1) is 13.6. The summed E-state index contributed by atoms with van der Waals surface area (Å²) < 4.78 is 0. The highest BCUT2D eigenvalue weighted by Crippen LogP contribution is 2.45. The average Bonchev–Trinajstić information content (AvgIpc) is 2.22. The quantitative estimate of drug-likeness (QED) is 0.850. The lowest BCUT2D eigenvalue weighted by atomic mass is 9.63. The van der Waals surface area contributed by atoms with Crippen LogP contribution in [0, 0.1) is 6.92 Å². The summed E-state index contributed by atoms with van der Waals surface area (Å²) in [4.78, 5) is 0. The van der Waals surface area contributed by atoms with Crippen LogP contribution in [0.15, 0.2) is 18.2 Å². The summed E-state index contributed by atoms with van der Waals surface area (Å²) in [7, 11) is 2.07. The van der Waals surface area contributed by atoms with Crippen molar-refractivity contribution in [2.75, 3.05) is 13.6 Å². The standard InChI is InChI=1S/C17H27N/c1-13-11-14(16(2,3)4)7-8-15(13)17(12-18-5)9-6-10-17/h7-8,11,18H,6,9-10,12H2,1-5H3. The predicted octanol–water partition coefficient (Wildman–Crippen LogP) is 3.93. The van der Waals surface area contributed by atoms with Crippen LogP contribution in [0.3, 0.4) is 0 Å². The molecule has 0 bridgehead atoms. The third-order valence-electron chi connectivity index (χ3n) is 4.49. The zero-order valence-corrected chi connectivity index (χ0v) is 12.6. The van der Waals surface area contributed by atoms with E-state index in [2.05, 4.69) is 58.3 Å². The summed E-state index contributed by atoms with van der Waals surface area (Å²) in [5.74, 6) is 0. The Balaban J connectivity index is 2.35. The smallest absolute Gasteiger partial charge is 0.00803 e. The molecule has 0 saturated heterocycles. The van der Waals surface area contributed by atoms with Crippen LogP contribution in [0.2, 0.25) is 0 Å². The zero-order valence-electron chi connectivity index (χ0n) is 12.6. The summed E-state index contributed by atoms with van der Waals surface area (Å²) in [6.45, 7) is 10.2. The lowest BCUT2D eigenvalue weighted by Crippen LogP contribution is -2.43. The van der Waals surface area contributed by atoms with E-state index in [0.29, 0.717) is 5.41 Å². The van der Waals surface area contributed by atoms with Crippen molar-refractivity contribution in [3.05, 3.63) is 34.9 Å². The van der Waals surface area contributed by atoms with Crippen LogP contribution in [0.5, 0.6) is 0 Å². The molecule has 1 nitrogen and oxygen atoms in total. The Hall–Kier alpha value is -0.820. The van der Waals surface area contributed by atoms with Gasteiger partial charge in [-0.3, -0.25) is 0 Å². The molecule has 0 radical (unpaired) electrons. The van der Waals surface area contributed by atoms with Gasteiger partial charge in [0.1, 0.15) is 0 Å². The molecule has 0 spiro atoms. The number of aryl methyl sites for hydroxylation is 1. The molecule has 0 unspecified atom stereocenters. The monoisotopic (exact) mass is 245 g/mol. The first-order valence-electron chi connectivity index (χ1n) is 7.15. The number of benzene rings is 1. The van der Waals surface area contributed by atoms with Crippen molar-refractivity contribution in [1.29, 1.82) is 0 Å². The largest absolute Gasteiger partial charge is 0.319 e. The molecule has 0 heterocycles. The van der Waals surface area contributed by atoms with Crippen LogP contribution in [0.25, 0.3) is 0 Å². The lowest BCUT2D eigenvalue weighted by molar-refractivity contribution is 0.238. The van der Waals surface area contributed by atoms with Crippen molar-refractivity contribution in [2.45, 2.75) is 57.8 Å². The Labute approximate surface area is 112 Å². The molecular formula is C17H27N. The zero-order chi connectivity index (χ0) is 13.4. The number of hydrogen-bond acceptors (Lipinski definition) is 1. The van der Waals surface area contributed by atoms with Gasteiger partial charge in [0.15, 0.2) is 0 Å². The maximum absolute atomic E-state index is 3.38. The highest BCUT2D eigenvalue weighted by Gasteiger charge is 2.39. The van der Waals surface area contributed by atoms with Crippen molar-refractivity contribution >= 4 is 0 Å².